The number of Topliss-reactive ketones (excluding diaryl/α,β-unsaturated/α-hetero) is 1. The van der Waals surface area contributed by atoms with E-state index in [0.717, 1.165) is 18.1 Å². The van der Waals surface area contributed by atoms with Crippen LogP contribution in [0.4, 0.5) is 8.78 Å². The molecule has 0 heterocycles. The summed E-state index contributed by atoms with van der Waals surface area (Å²) in [6, 6.07) is 11.7. The zero-order valence-corrected chi connectivity index (χ0v) is 10.9. The number of benzene rings is 2. The van der Waals surface area contributed by atoms with Crippen molar-refractivity contribution >= 4 is 5.78 Å². The first-order chi connectivity index (χ1) is 9.66. The van der Waals surface area contributed by atoms with Crippen molar-refractivity contribution in [2.45, 2.75) is 19.3 Å². The fraction of sp³-hybridized carbons (Fsp3) is 0.235. The van der Waals surface area contributed by atoms with Crippen LogP contribution in [0.1, 0.15) is 27.9 Å². The Morgan fingerprint density at radius 1 is 1.00 bits per heavy atom. The molecule has 0 saturated heterocycles. The first kappa shape index (κ1) is 13.0. The average Bonchev–Trinajstić information content (AvgIpc) is 2.49. The predicted molar refractivity (Wildman–Crippen MR) is 72.6 cm³/mol. The second kappa shape index (κ2) is 5.16. The van der Waals surface area contributed by atoms with Crippen LogP contribution in [0.25, 0.3) is 0 Å². The predicted octanol–water partition coefficient (Wildman–Crippen LogP) is 3.95. The number of ketones is 1. The summed E-state index contributed by atoms with van der Waals surface area (Å²) in [4.78, 5) is 12.4. The van der Waals surface area contributed by atoms with E-state index in [1.54, 1.807) is 0 Å². The topological polar surface area (TPSA) is 17.1 Å². The molecule has 0 amide bonds. The lowest BCUT2D eigenvalue weighted by Gasteiger charge is -2.23. The van der Waals surface area contributed by atoms with Gasteiger partial charge in [-0.15, -0.1) is 0 Å². The highest BCUT2D eigenvalue weighted by Gasteiger charge is 2.27. The van der Waals surface area contributed by atoms with Gasteiger partial charge >= 0.3 is 0 Å². The number of aryl methyl sites for hydroxylation is 1. The van der Waals surface area contributed by atoms with E-state index in [0.29, 0.717) is 12.8 Å². The van der Waals surface area contributed by atoms with Crippen LogP contribution in [0.5, 0.6) is 0 Å². The summed E-state index contributed by atoms with van der Waals surface area (Å²) in [5.74, 6) is -2.55. The maximum Gasteiger partial charge on any atom is 0.169 e. The molecule has 102 valence electrons. The van der Waals surface area contributed by atoms with Crippen LogP contribution in [0.15, 0.2) is 42.5 Å². The van der Waals surface area contributed by atoms with E-state index in [1.807, 2.05) is 18.2 Å². The zero-order chi connectivity index (χ0) is 14.1. The summed E-state index contributed by atoms with van der Waals surface area (Å²) in [7, 11) is 0. The highest BCUT2D eigenvalue weighted by atomic mass is 19.2. The van der Waals surface area contributed by atoms with Crippen molar-refractivity contribution in [3.05, 3.63) is 70.8 Å². The molecule has 0 radical (unpaired) electrons. The van der Waals surface area contributed by atoms with E-state index in [9.17, 15) is 13.6 Å². The molecule has 1 aliphatic rings. The molecule has 0 saturated carbocycles. The minimum Gasteiger partial charge on any atom is -0.294 e. The van der Waals surface area contributed by atoms with Gasteiger partial charge in [-0.2, -0.15) is 0 Å². The summed E-state index contributed by atoms with van der Waals surface area (Å²) in [6.07, 6.45) is 2.10. The Kier molecular flexibility index (Phi) is 3.35. The molecule has 1 atom stereocenters. The van der Waals surface area contributed by atoms with Crippen molar-refractivity contribution in [2.24, 2.45) is 5.92 Å². The quantitative estimate of drug-likeness (QED) is 0.756. The highest BCUT2D eigenvalue weighted by molar-refractivity contribution is 5.98. The van der Waals surface area contributed by atoms with Crippen molar-refractivity contribution in [1.82, 2.24) is 0 Å². The number of fused-ring (bicyclic) bond motifs is 1. The number of hydrogen-bond donors (Lipinski definition) is 0. The first-order valence-corrected chi connectivity index (χ1v) is 6.72. The summed E-state index contributed by atoms with van der Waals surface area (Å²) >= 11 is 0. The Bertz CT molecular complexity index is 664. The monoisotopic (exact) mass is 272 g/mol. The van der Waals surface area contributed by atoms with E-state index < -0.39 is 11.6 Å². The minimum absolute atomic E-state index is 0.130. The second-order valence-corrected chi connectivity index (χ2v) is 5.17. The van der Waals surface area contributed by atoms with E-state index in [2.05, 4.69) is 6.07 Å². The zero-order valence-electron chi connectivity index (χ0n) is 10.9. The first-order valence-electron chi connectivity index (χ1n) is 6.72. The third kappa shape index (κ3) is 2.24. The SMILES string of the molecule is O=C(c1cccc(F)c1F)C1CCc2ccccc2C1. The Hall–Kier alpha value is -2.03. The molecule has 3 rings (SSSR count). The lowest BCUT2D eigenvalue weighted by atomic mass is 9.80. The van der Waals surface area contributed by atoms with Gasteiger partial charge in [0, 0.05) is 5.92 Å². The van der Waals surface area contributed by atoms with E-state index >= 15 is 0 Å². The molecular weight excluding hydrogens is 258 g/mol. The molecule has 0 bridgehead atoms. The molecular formula is C17H14F2O. The highest BCUT2D eigenvalue weighted by Crippen LogP contribution is 2.28. The molecule has 0 fully saturated rings. The Morgan fingerprint density at radius 2 is 1.75 bits per heavy atom. The molecule has 3 heteroatoms. The van der Waals surface area contributed by atoms with Crippen molar-refractivity contribution < 1.29 is 13.6 Å². The Morgan fingerprint density at radius 3 is 2.55 bits per heavy atom. The molecule has 2 aromatic carbocycles. The number of hydrogen-bond acceptors (Lipinski definition) is 1. The number of rotatable bonds is 2. The van der Waals surface area contributed by atoms with Crippen molar-refractivity contribution in [3.63, 3.8) is 0 Å². The van der Waals surface area contributed by atoms with Gasteiger partial charge < -0.3 is 0 Å². The van der Waals surface area contributed by atoms with Gasteiger partial charge in [-0.25, -0.2) is 8.78 Å². The summed E-state index contributed by atoms with van der Waals surface area (Å²) in [6.45, 7) is 0. The van der Waals surface area contributed by atoms with E-state index in [-0.39, 0.29) is 17.3 Å². The Labute approximate surface area is 116 Å². The van der Waals surface area contributed by atoms with Crippen molar-refractivity contribution in [2.75, 3.05) is 0 Å². The van der Waals surface area contributed by atoms with Crippen LogP contribution in [0.3, 0.4) is 0 Å². The third-order valence-electron chi connectivity index (χ3n) is 3.93. The molecule has 0 aliphatic heterocycles. The van der Waals surface area contributed by atoms with E-state index in [1.165, 1.54) is 17.7 Å². The van der Waals surface area contributed by atoms with Gasteiger partial charge in [0.05, 0.1) is 5.56 Å². The number of carbonyl (C=O) groups is 1. The average molecular weight is 272 g/mol. The van der Waals surface area contributed by atoms with Crippen molar-refractivity contribution in [3.8, 4) is 0 Å². The second-order valence-electron chi connectivity index (χ2n) is 5.17. The van der Waals surface area contributed by atoms with Crippen LogP contribution < -0.4 is 0 Å². The lowest BCUT2D eigenvalue weighted by molar-refractivity contribution is 0.0903. The summed E-state index contributed by atoms with van der Waals surface area (Å²) in [5.41, 5.74) is 2.25. The molecule has 1 aliphatic carbocycles. The molecule has 0 spiro atoms. The van der Waals surface area contributed by atoms with Crippen LogP contribution in [-0.4, -0.2) is 5.78 Å². The summed E-state index contributed by atoms with van der Waals surface area (Å²) < 4.78 is 26.9. The smallest absolute Gasteiger partial charge is 0.169 e. The molecule has 0 aromatic heterocycles. The standard InChI is InChI=1S/C17H14F2O/c18-15-7-3-6-14(16(15)19)17(20)13-9-8-11-4-1-2-5-12(11)10-13/h1-7,13H,8-10H2. The van der Waals surface area contributed by atoms with Gasteiger partial charge in [-0.1, -0.05) is 30.3 Å². The maximum atomic E-state index is 13.7. The van der Waals surface area contributed by atoms with Crippen LogP contribution in [0.2, 0.25) is 0 Å². The molecule has 1 unspecified atom stereocenters. The third-order valence-corrected chi connectivity index (χ3v) is 3.93. The van der Waals surface area contributed by atoms with Gasteiger partial charge in [0.15, 0.2) is 17.4 Å². The van der Waals surface area contributed by atoms with Gasteiger partial charge in [-0.05, 0) is 42.5 Å². The minimum atomic E-state index is -1.03. The van der Waals surface area contributed by atoms with Gasteiger partial charge in [0.1, 0.15) is 0 Å². The largest absolute Gasteiger partial charge is 0.294 e. The number of carbonyl (C=O) groups excluding carboxylic acids is 1. The van der Waals surface area contributed by atoms with Crippen LogP contribution in [0, 0.1) is 17.6 Å². The molecule has 20 heavy (non-hydrogen) atoms. The van der Waals surface area contributed by atoms with Gasteiger partial charge in [0.25, 0.3) is 0 Å². The molecule has 0 N–H and O–H groups in total. The fourth-order valence-corrected chi connectivity index (χ4v) is 2.84. The van der Waals surface area contributed by atoms with Crippen molar-refractivity contribution in [1.29, 1.82) is 0 Å². The maximum absolute atomic E-state index is 13.7. The lowest BCUT2D eigenvalue weighted by Crippen LogP contribution is -2.23. The van der Waals surface area contributed by atoms with Gasteiger partial charge in [0.2, 0.25) is 0 Å². The van der Waals surface area contributed by atoms with E-state index in [4.69, 9.17) is 0 Å². The van der Waals surface area contributed by atoms with Crippen LogP contribution >= 0.6 is 0 Å². The van der Waals surface area contributed by atoms with Gasteiger partial charge in [-0.3, -0.25) is 4.79 Å². The molecule has 1 nitrogen and oxygen atoms in total. The molecule has 2 aromatic rings. The fourth-order valence-electron chi connectivity index (χ4n) is 2.84. The normalized spacial score (nSPS) is 17.6. The number of halogens is 2. The van der Waals surface area contributed by atoms with Crippen LogP contribution in [-0.2, 0) is 12.8 Å². The summed E-state index contributed by atoms with van der Waals surface area (Å²) in [5, 5.41) is 0. The Balaban J connectivity index is 1.88.